The van der Waals surface area contributed by atoms with E-state index in [1.165, 1.54) is 116 Å². The first-order chi connectivity index (χ1) is 40.0. The molecule has 460 valence electrons. The average Bonchev–Trinajstić information content (AvgIpc) is 3.47. The lowest BCUT2D eigenvalue weighted by atomic mass is 10.1. The van der Waals surface area contributed by atoms with Gasteiger partial charge in [-0.25, -0.2) is 0 Å². The van der Waals surface area contributed by atoms with Crippen molar-refractivity contribution >= 4 is 17.9 Å². The fraction of sp³-hybridized carbons (Fsp3) is 0.667. The van der Waals surface area contributed by atoms with Crippen LogP contribution in [-0.2, 0) is 28.6 Å². The first kappa shape index (κ1) is 76.5. The van der Waals surface area contributed by atoms with Crippen molar-refractivity contribution in [1.82, 2.24) is 0 Å². The van der Waals surface area contributed by atoms with Crippen LogP contribution in [0.5, 0.6) is 0 Å². The Morgan fingerprint density at radius 3 is 0.753 bits per heavy atom. The van der Waals surface area contributed by atoms with Gasteiger partial charge in [0.1, 0.15) is 13.2 Å². The Kier molecular flexibility index (Phi) is 64.3. The van der Waals surface area contributed by atoms with Gasteiger partial charge in [0.2, 0.25) is 0 Å². The molecule has 1 atom stereocenters. The number of unbranched alkanes of at least 4 members (excludes halogenated alkanes) is 27. The predicted molar refractivity (Wildman–Crippen MR) is 353 cm³/mol. The summed E-state index contributed by atoms with van der Waals surface area (Å²) >= 11 is 0. The van der Waals surface area contributed by atoms with E-state index in [2.05, 4.69) is 154 Å². The maximum absolute atomic E-state index is 12.9. The van der Waals surface area contributed by atoms with Crippen molar-refractivity contribution in [1.29, 1.82) is 0 Å². The van der Waals surface area contributed by atoms with Crippen LogP contribution in [0.3, 0.4) is 0 Å². The van der Waals surface area contributed by atoms with Gasteiger partial charge in [0.05, 0.1) is 0 Å². The molecule has 0 aliphatic heterocycles. The molecule has 0 spiro atoms. The van der Waals surface area contributed by atoms with Gasteiger partial charge in [-0.15, -0.1) is 0 Å². The second kappa shape index (κ2) is 68.1. The number of ether oxygens (including phenoxy) is 3. The van der Waals surface area contributed by atoms with Crippen molar-refractivity contribution in [3.05, 3.63) is 134 Å². The highest BCUT2D eigenvalue weighted by atomic mass is 16.6. The van der Waals surface area contributed by atoms with E-state index in [0.29, 0.717) is 19.3 Å². The lowest BCUT2D eigenvalue weighted by Gasteiger charge is -2.18. The van der Waals surface area contributed by atoms with Crippen molar-refractivity contribution in [2.45, 2.75) is 309 Å². The third kappa shape index (κ3) is 66.2. The molecule has 0 aliphatic rings. The topological polar surface area (TPSA) is 78.9 Å². The molecule has 0 aromatic rings. The minimum Gasteiger partial charge on any atom is -0.462 e. The largest absolute Gasteiger partial charge is 0.462 e. The van der Waals surface area contributed by atoms with Crippen LogP contribution in [0.25, 0.3) is 0 Å². The lowest BCUT2D eigenvalue weighted by Crippen LogP contribution is -2.30. The molecule has 0 aliphatic carbocycles. The van der Waals surface area contributed by atoms with Gasteiger partial charge >= 0.3 is 17.9 Å². The molecular formula is C75H124O6. The highest BCUT2D eigenvalue weighted by Crippen LogP contribution is 2.16. The van der Waals surface area contributed by atoms with E-state index in [4.69, 9.17) is 14.2 Å². The Morgan fingerprint density at radius 1 is 0.259 bits per heavy atom. The zero-order valence-corrected chi connectivity index (χ0v) is 52.8. The van der Waals surface area contributed by atoms with Gasteiger partial charge in [0.15, 0.2) is 6.10 Å². The predicted octanol–water partition coefficient (Wildman–Crippen LogP) is 23.3. The summed E-state index contributed by atoms with van der Waals surface area (Å²) < 4.78 is 17.0. The Bertz CT molecular complexity index is 1720. The van der Waals surface area contributed by atoms with Crippen molar-refractivity contribution in [2.24, 2.45) is 0 Å². The fourth-order valence-electron chi connectivity index (χ4n) is 9.14. The summed E-state index contributed by atoms with van der Waals surface area (Å²) in [5.41, 5.74) is 0. The fourth-order valence-corrected chi connectivity index (χ4v) is 9.14. The normalized spacial score (nSPS) is 13.0. The van der Waals surface area contributed by atoms with Gasteiger partial charge in [0.25, 0.3) is 0 Å². The van der Waals surface area contributed by atoms with Crippen LogP contribution in [0.15, 0.2) is 134 Å². The number of esters is 3. The Hall–Kier alpha value is -4.45. The molecule has 0 N–H and O–H groups in total. The molecule has 1 unspecified atom stereocenters. The zero-order chi connectivity index (χ0) is 58.5. The van der Waals surface area contributed by atoms with Gasteiger partial charge in [-0.05, 0) is 135 Å². The average molecular weight is 1120 g/mol. The number of rotatable bonds is 60. The lowest BCUT2D eigenvalue weighted by molar-refractivity contribution is -0.167. The van der Waals surface area contributed by atoms with E-state index in [0.717, 1.165) is 148 Å². The molecule has 6 heteroatoms. The standard InChI is InChI=1S/C75H124O6/c1-4-7-10-13-16-19-22-25-28-31-34-35-36-37-38-39-42-44-47-50-53-56-59-62-65-68-74(77)80-71-72(81-75(78)69-66-63-60-57-54-51-48-45-41-33-30-27-24-21-18-15-12-9-6-3)70-79-73(76)67-64-61-58-55-52-49-46-43-40-32-29-26-23-20-17-14-11-8-5-2/h8-9,11-12,17-18,20-22,25-27,29-31,34,36-37,40-41,43,45,72H,4-7,10,13-16,19,23-24,28,32-33,35,38-39,42,44,46-71H2,1-3H3/b11-8-,12-9-,20-17-,21-18-,25-22-,29-26-,30-27-,34-31-,37-36-,43-40-,45-41-. The van der Waals surface area contributed by atoms with Crippen molar-refractivity contribution in [2.75, 3.05) is 13.2 Å². The Morgan fingerprint density at radius 2 is 0.481 bits per heavy atom. The van der Waals surface area contributed by atoms with Crippen LogP contribution in [0.1, 0.15) is 303 Å². The van der Waals surface area contributed by atoms with Gasteiger partial charge < -0.3 is 14.2 Å². The highest BCUT2D eigenvalue weighted by molar-refractivity contribution is 5.71. The van der Waals surface area contributed by atoms with Crippen LogP contribution in [0, 0.1) is 0 Å². The molecule has 0 heterocycles. The molecular weight excluding hydrogens is 997 g/mol. The van der Waals surface area contributed by atoms with Crippen LogP contribution < -0.4 is 0 Å². The van der Waals surface area contributed by atoms with Crippen LogP contribution >= 0.6 is 0 Å². The molecule has 0 aromatic carbocycles. The summed E-state index contributed by atoms with van der Waals surface area (Å²) in [6.45, 7) is 6.39. The minimum absolute atomic E-state index is 0.0941. The summed E-state index contributed by atoms with van der Waals surface area (Å²) in [6, 6.07) is 0. The summed E-state index contributed by atoms with van der Waals surface area (Å²) in [5, 5.41) is 0. The third-order valence-corrected chi connectivity index (χ3v) is 14.1. The quantitative estimate of drug-likeness (QED) is 0.0261. The van der Waals surface area contributed by atoms with Crippen molar-refractivity contribution in [3.63, 3.8) is 0 Å². The molecule has 0 fully saturated rings. The number of hydrogen-bond donors (Lipinski definition) is 0. The molecule has 0 amide bonds. The summed E-state index contributed by atoms with van der Waals surface area (Å²) in [7, 11) is 0. The number of hydrogen-bond acceptors (Lipinski definition) is 6. The SMILES string of the molecule is CC/C=C\C/C=C\C/C=C\C/C=C\CCCCCCCCC(=O)OCC(COC(=O)CCCCCCCCCCCC/C=C\C/C=C\C/C=C\CCCCCCC)OC(=O)CCCCCCCC/C=C\C/C=C\C/C=C\C/C=C\CC. The smallest absolute Gasteiger partial charge is 0.306 e. The van der Waals surface area contributed by atoms with Crippen LogP contribution in [0.2, 0.25) is 0 Å². The van der Waals surface area contributed by atoms with Crippen molar-refractivity contribution in [3.8, 4) is 0 Å². The second-order valence-corrected chi connectivity index (χ2v) is 22.0. The van der Waals surface area contributed by atoms with Crippen LogP contribution in [-0.4, -0.2) is 37.2 Å². The van der Waals surface area contributed by atoms with Gasteiger partial charge in [-0.2, -0.15) is 0 Å². The Labute approximate surface area is 500 Å². The summed E-state index contributed by atoms with van der Waals surface area (Å²) in [6.07, 6.45) is 96.0. The molecule has 0 rings (SSSR count). The first-order valence-electron chi connectivity index (χ1n) is 33.7. The van der Waals surface area contributed by atoms with Crippen LogP contribution in [0.4, 0.5) is 0 Å². The minimum atomic E-state index is -0.801. The third-order valence-electron chi connectivity index (χ3n) is 14.1. The monoisotopic (exact) mass is 1120 g/mol. The van der Waals surface area contributed by atoms with Crippen molar-refractivity contribution < 1.29 is 28.6 Å². The summed E-state index contributed by atoms with van der Waals surface area (Å²) in [4.78, 5) is 38.4. The number of allylic oxidation sites excluding steroid dienone is 22. The van der Waals surface area contributed by atoms with E-state index in [-0.39, 0.29) is 31.1 Å². The number of carbonyl (C=O) groups is 3. The van der Waals surface area contributed by atoms with E-state index in [9.17, 15) is 14.4 Å². The molecule has 0 aromatic heterocycles. The molecule has 0 bridgehead atoms. The Balaban J connectivity index is 4.43. The first-order valence-corrected chi connectivity index (χ1v) is 33.7. The van der Waals surface area contributed by atoms with Gasteiger partial charge in [0, 0.05) is 19.3 Å². The molecule has 0 saturated heterocycles. The maximum atomic E-state index is 12.9. The van der Waals surface area contributed by atoms with E-state index < -0.39 is 6.10 Å². The van der Waals surface area contributed by atoms with Gasteiger partial charge in [-0.1, -0.05) is 283 Å². The van der Waals surface area contributed by atoms with E-state index >= 15 is 0 Å². The zero-order valence-electron chi connectivity index (χ0n) is 52.8. The highest BCUT2D eigenvalue weighted by Gasteiger charge is 2.19. The number of carbonyl (C=O) groups excluding carboxylic acids is 3. The van der Waals surface area contributed by atoms with Gasteiger partial charge in [-0.3, -0.25) is 14.4 Å². The molecule has 6 nitrogen and oxygen atoms in total. The van der Waals surface area contributed by atoms with E-state index in [1.54, 1.807) is 0 Å². The molecule has 0 radical (unpaired) electrons. The molecule has 0 saturated carbocycles. The second-order valence-electron chi connectivity index (χ2n) is 22.0. The summed E-state index contributed by atoms with van der Waals surface area (Å²) in [5.74, 6) is -0.921. The van der Waals surface area contributed by atoms with E-state index in [1.807, 2.05) is 0 Å². The molecule has 81 heavy (non-hydrogen) atoms. The maximum Gasteiger partial charge on any atom is 0.306 e.